The van der Waals surface area contributed by atoms with Crippen LogP contribution in [0.4, 0.5) is 0 Å². The first kappa shape index (κ1) is 16.3. The van der Waals surface area contributed by atoms with E-state index in [1.807, 2.05) is 12.1 Å². The lowest BCUT2D eigenvalue weighted by Gasteiger charge is -2.41. The highest BCUT2D eigenvalue weighted by Crippen LogP contribution is 2.29. The first-order valence-corrected chi connectivity index (χ1v) is 8.87. The van der Waals surface area contributed by atoms with Crippen molar-refractivity contribution in [2.75, 3.05) is 20.2 Å². The molecule has 0 aromatic heterocycles. The number of benzene rings is 1. The van der Waals surface area contributed by atoms with E-state index in [0.717, 1.165) is 12.2 Å². The maximum Gasteiger partial charge on any atom is 0.337 e. The van der Waals surface area contributed by atoms with E-state index in [1.165, 1.54) is 58.7 Å². The van der Waals surface area contributed by atoms with Crippen molar-refractivity contribution in [3.05, 3.63) is 29.8 Å². The minimum absolute atomic E-state index is 0.269. The van der Waals surface area contributed by atoms with Gasteiger partial charge in [0.2, 0.25) is 0 Å². The van der Waals surface area contributed by atoms with Crippen LogP contribution in [-0.4, -0.2) is 43.2 Å². The fourth-order valence-electron chi connectivity index (χ4n) is 3.84. The summed E-state index contributed by atoms with van der Waals surface area (Å²) in [5.41, 5.74) is 0.566. The van der Waals surface area contributed by atoms with Crippen LogP contribution in [-0.2, 0) is 4.74 Å². The Bertz CT molecular complexity index is 508. The molecule has 2 fully saturated rings. The number of hydrogen-bond donors (Lipinski definition) is 0. The van der Waals surface area contributed by atoms with Crippen molar-refractivity contribution in [2.24, 2.45) is 0 Å². The second-order valence-corrected chi connectivity index (χ2v) is 6.62. The van der Waals surface area contributed by atoms with E-state index in [2.05, 4.69) is 4.90 Å². The minimum atomic E-state index is -0.305. The summed E-state index contributed by atoms with van der Waals surface area (Å²) in [7, 11) is 1.40. The lowest BCUT2D eigenvalue weighted by atomic mass is 9.90. The van der Waals surface area contributed by atoms with Crippen LogP contribution in [0.15, 0.2) is 24.3 Å². The number of nitrogens with zero attached hydrogens (tertiary/aromatic N) is 1. The zero-order valence-corrected chi connectivity index (χ0v) is 14.0. The number of likely N-dealkylation sites (tertiary alicyclic amines) is 1. The van der Waals surface area contributed by atoms with Gasteiger partial charge in [-0.15, -0.1) is 0 Å². The molecule has 126 valence electrons. The van der Waals surface area contributed by atoms with Crippen LogP contribution in [0, 0.1) is 0 Å². The summed E-state index contributed by atoms with van der Waals surface area (Å²) in [6.45, 7) is 2.43. The topological polar surface area (TPSA) is 38.8 Å². The summed E-state index contributed by atoms with van der Waals surface area (Å²) in [6, 6.07) is 7.87. The van der Waals surface area contributed by atoms with Gasteiger partial charge in [-0.05, 0) is 69.5 Å². The number of ether oxygens (including phenoxy) is 2. The molecule has 2 aliphatic rings. The molecular weight excluding hydrogens is 290 g/mol. The Hall–Kier alpha value is -1.55. The number of methoxy groups -OCH3 is 1. The van der Waals surface area contributed by atoms with Gasteiger partial charge in [0.1, 0.15) is 11.9 Å². The highest BCUT2D eigenvalue weighted by Gasteiger charge is 2.32. The van der Waals surface area contributed by atoms with E-state index in [4.69, 9.17) is 9.47 Å². The zero-order valence-electron chi connectivity index (χ0n) is 14.0. The number of piperidine rings is 1. The molecule has 1 heterocycles. The molecule has 1 aromatic rings. The monoisotopic (exact) mass is 317 g/mol. The molecule has 1 saturated heterocycles. The van der Waals surface area contributed by atoms with Gasteiger partial charge in [-0.3, -0.25) is 4.90 Å². The second kappa shape index (κ2) is 7.82. The van der Waals surface area contributed by atoms with E-state index in [1.54, 1.807) is 12.1 Å². The third kappa shape index (κ3) is 4.05. The van der Waals surface area contributed by atoms with E-state index < -0.39 is 0 Å². The molecule has 1 aliphatic carbocycles. The first-order chi connectivity index (χ1) is 11.3. The maximum absolute atomic E-state index is 11.5. The van der Waals surface area contributed by atoms with Gasteiger partial charge in [0.25, 0.3) is 0 Å². The molecule has 1 saturated carbocycles. The molecule has 23 heavy (non-hydrogen) atoms. The van der Waals surface area contributed by atoms with Gasteiger partial charge in [-0.25, -0.2) is 4.79 Å². The Labute approximate surface area is 138 Å². The summed E-state index contributed by atoms with van der Waals surface area (Å²) >= 11 is 0. The second-order valence-electron chi connectivity index (χ2n) is 6.62. The average Bonchev–Trinajstić information content (AvgIpc) is 2.63. The van der Waals surface area contributed by atoms with Crippen molar-refractivity contribution in [1.29, 1.82) is 0 Å². The summed E-state index contributed by atoms with van der Waals surface area (Å²) < 4.78 is 11.0. The maximum atomic E-state index is 11.5. The van der Waals surface area contributed by atoms with Crippen LogP contribution < -0.4 is 4.74 Å². The largest absolute Gasteiger partial charge is 0.489 e. The Balaban J connectivity index is 1.65. The molecule has 0 radical (unpaired) electrons. The first-order valence-electron chi connectivity index (χ1n) is 8.87. The van der Waals surface area contributed by atoms with Crippen LogP contribution in [0.2, 0.25) is 0 Å². The SMILES string of the molecule is COC(=O)c1ccc(O[C@H]2CCCC[C@@H]2N2CCCCC2)cc1. The van der Waals surface area contributed by atoms with Crippen molar-refractivity contribution >= 4 is 5.97 Å². The van der Waals surface area contributed by atoms with Crippen molar-refractivity contribution in [3.63, 3.8) is 0 Å². The molecule has 0 amide bonds. The van der Waals surface area contributed by atoms with Gasteiger partial charge in [-0.2, -0.15) is 0 Å². The number of hydrogen-bond acceptors (Lipinski definition) is 4. The number of carbonyl (C=O) groups excluding carboxylic acids is 1. The highest BCUT2D eigenvalue weighted by molar-refractivity contribution is 5.89. The molecule has 4 nitrogen and oxygen atoms in total. The third-order valence-corrected chi connectivity index (χ3v) is 5.09. The molecule has 0 bridgehead atoms. The molecule has 2 atom stereocenters. The van der Waals surface area contributed by atoms with Crippen molar-refractivity contribution in [3.8, 4) is 5.75 Å². The molecule has 0 spiro atoms. The van der Waals surface area contributed by atoms with Crippen molar-refractivity contribution in [1.82, 2.24) is 4.90 Å². The predicted octanol–water partition coefficient (Wildman–Crippen LogP) is 3.65. The Morgan fingerprint density at radius 1 is 1.00 bits per heavy atom. The summed E-state index contributed by atoms with van der Waals surface area (Å²) in [5.74, 6) is 0.548. The fraction of sp³-hybridized carbons (Fsp3) is 0.632. The minimum Gasteiger partial charge on any atom is -0.489 e. The standard InChI is InChI=1S/C19H27NO3/c1-22-19(21)15-9-11-16(12-10-15)23-18-8-4-3-7-17(18)20-13-5-2-6-14-20/h9-12,17-18H,2-8,13-14H2,1H3/t17-,18-/m0/s1. The van der Waals surface area contributed by atoms with Crippen molar-refractivity contribution in [2.45, 2.75) is 57.1 Å². The van der Waals surface area contributed by atoms with Crippen LogP contribution in [0.1, 0.15) is 55.3 Å². The van der Waals surface area contributed by atoms with Crippen LogP contribution in [0.5, 0.6) is 5.75 Å². The van der Waals surface area contributed by atoms with E-state index in [-0.39, 0.29) is 12.1 Å². The number of esters is 1. The van der Waals surface area contributed by atoms with E-state index in [9.17, 15) is 4.79 Å². The molecular formula is C19H27NO3. The molecule has 1 aromatic carbocycles. The molecule has 0 N–H and O–H groups in total. The van der Waals surface area contributed by atoms with Gasteiger partial charge in [0, 0.05) is 6.04 Å². The molecule has 1 aliphatic heterocycles. The Morgan fingerprint density at radius 2 is 1.70 bits per heavy atom. The fourth-order valence-corrected chi connectivity index (χ4v) is 3.84. The van der Waals surface area contributed by atoms with Crippen LogP contribution >= 0.6 is 0 Å². The van der Waals surface area contributed by atoms with Gasteiger partial charge < -0.3 is 9.47 Å². The van der Waals surface area contributed by atoms with Crippen LogP contribution in [0.25, 0.3) is 0 Å². The summed E-state index contributed by atoms with van der Waals surface area (Å²) in [6.07, 6.45) is 9.19. The predicted molar refractivity (Wildman–Crippen MR) is 89.9 cm³/mol. The van der Waals surface area contributed by atoms with Crippen LogP contribution in [0.3, 0.4) is 0 Å². The molecule has 4 heteroatoms. The number of carbonyl (C=O) groups is 1. The van der Waals surface area contributed by atoms with Gasteiger partial charge in [-0.1, -0.05) is 12.8 Å². The molecule has 3 rings (SSSR count). The van der Waals surface area contributed by atoms with Gasteiger partial charge >= 0.3 is 5.97 Å². The Kier molecular flexibility index (Phi) is 5.55. The van der Waals surface area contributed by atoms with E-state index >= 15 is 0 Å². The smallest absolute Gasteiger partial charge is 0.337 e. The lowest BCUT2D eigenvalue weighted by molar-refractivity contribution is 0.0261. The Morgan fingerprint density at radius 3 is 2.39 bits per heavy atom. The molecule has 0 unspecified atom stereocenters. The average molecular weight is 317 g/mol. The van der Waals surface area contributed by atoms with Gasteiger partial charge in [0.05, 0.1) is 12.7 Å². The zero-order chi connectivity index (χ0) is 16.1. The quantitative estimate of drug-likeness (QED) is 0.795. The summed E-state index contributed by atoms with van der Waals surface area (Å²) in [5, 5.41) is 0. The van der Waals surface area contributed by atoms with Gasteiger partial charge in [0.15, 0.2) is 0 Å². The highest BCUT2D eigenvalue weighted by atomic mass is 16.5. The normalized spacial score (nSPS) is 25.8. The summed E-state index contributed by atoms with van der Waals surface area (Å²) in [4.78, 5) is 14.1. The van der Waals surface area contributed by atoms with E-state index in [0.29, 0.717) is 11.6 Å². The van der Waals surface area contributed by atoms with Crippen molar-refractivity contribution < 1.29 is 14.3 Å². The number of rotatable bonds is 4. The third-order valence-electron chi connectivity index (χ3n) is 5.09. The lowest BCUT2D eigenvalue weighted by Crippen LogP contribution is -2.49.